The quantitative estimate of drug-likeness (QED) is 0.661. The molecular weight excluding hydrogens is 320 g/mol. The number of benzene rings is 1. The second kappa shape index (κ2) is 7.35. The summed E-state index contributed by atoms with van der Waals surface area (Å²) in [6, 6.07) is 9.19. The number of methoxy groups -OCH3 is 1. The van der Waals surface area contributed by atoms with E-state index in [1.807, 2.05) is 30.3 Å². The van der Waals surface area contributed by atoms with E-state index in [4.69, 9.17) is 0 Å². The third-order valence-electron chi connectivity index (χ3n) is 5.17. The molecule has 2 aliphatic rings. The Hall–Kier alpha value is -2.21. The largest absolute Gasteiger partial charge is 0.468 e. The van der Waals surface area contributed by atoms with Crippen molar-refractivity contribution in [3.8, 4) is 0 Å². The van der Waals surface area contributed by atoms with Crippen LogP contribution in [0, 0.1) is 0 Å². The van der Waals surface area contributed by atoms with Crippen LogP contribution in [0.25, 0.3) is 0 Å². The Morgan fingerprint density at radius 3 is 2.52 bits per heavy atom. The molecule has 1 atom stereocenters. The maximum absolute atomic E-state index is 13.0. The maximum atomic E-state index is 13.0. The fourth-order valence-corrected chi connectivity index (χ4v) is 3.85. The van der Waals surface area contributed by atoms with Crippen LogP contribution in [0.3, 0.4) is 0 Å². The van der Waals surface area contributed by atoms with E-state index >= 15 is 0 Å². The molecule has 6 heteroatoms. The van der Waals surface area contributed by atoms with Crippen LogP contribution in [-0.4, -0.2) is 47.9 Å². The molecule has 0 unspecified atom stereocenters. The number of amides is 2. The highest BCUT2D eigenvalue weighted by Crippen LogP contribution is 2.33. The molecule has 1 heterocycles. The number of nitrogens with zero attached hydrogens (tertiary/aromatic N) is 1. The lowest BCUT2D eigenvalue weighted by molar-refractivity contribution is -0.163. The average Bonchev–Trinajstić information content (AvgIpc) is 2.65. The molecule has 1 spiro atoms. The van der Waals surface area contributed by atoms with Crippen LogP contribution < -0.4 is 5.32 Å². The number of rotatable bonds is 4. The summed E-state index contributed by atoms with van der Waals surface area (Å²) in [7, 11) is 1.26. The molecule has 2 amide bonds. The van der Waals surface area contributed by atoms with Crippen LogP contribution >= 0.6 is 0 Å². The van der Waals surface area contributed by atoms with E-state index in [2.05, 4.69) is 10.1 Å². The third kappa shape index (κ3) is 3.58. The van der Waals surface area contributed by atoms with Gasteiger partial charge in [0.15, 0.2) is 0 Å². The van der Waals surface area contributed by atoms with Gasteiger partial charge in [-0.05, 0) is 24.8 Å². The lowest BCUT2D eigenvalue weighted by Crippen LogP contribution is -2.71. The summed E-state index contributed by atoms with van der Waals surface area (Å²) in [5.74, 6) is -1.21. The van der Waals surface area contributed by atoms with Gasteiger partial charge >= 0.3 is 5.97 Å². The van der Waals surface area contributed by atoms with Crippen molar-refractivity contribution in [1.29, 1.82) is 0 Å². The predicted octanol–water partition coefficient (Wildman–Crippen LogP) is 1.43. The molecule has 2 fully saturated rings. The van der Waals surface area contributed by atoms with Crippen LogP contribution in [-0.2, 0) is 25.5 Å². The predicted molar refractivity (Wildman–Crippen MR) is 91.6 cm³/mol. The molecule has 1 aliphatic carbocycles. The summed E-state index contributed by atoms with van der Waals surface area (Å²) in [6.07, 6.45) is 4.86. The van der Waals surface area contributed by atoms with Gasteiger partial charge < -0.3 is 4.74 Å². The van der Waals surface area contributed by atoms with E-state index in [-0.39, 0.29) is 18.4 Å². The van der Waals surface area contributed by atoms with Gasteiger partial charge in [0.2, 0.25) is 11.8 Å². The first-order chi connectivity index (χ1) is 12.1. The molecule has 134 valence electrons. The summed E-state index contributed by atoms with van der Waals surface area (Å²) in [4.78, 5) is 38.7. The Morgan fingerprint density at radius 1 is 1.20 bits per heavy atom. The van der Waals surface area contributed by atoms with Crippen LogP contribution in [0.5, 0.6) is 0 Å². The first-order valence-corrected chi connectivity index (χ1v) is 8.80. The van der Waals surface area contributed by atoms with Crippen LogP contribution in [0.1, 0.15) is 37.7 Å². The number of hydrogen-bond acceptors (Lipinski definition) is 5. The molecule has 1 aliphatic heterocycles. The second-order valence-corrected chi connectivity index (χ2v) is 6.84. The number of nitrogens with one attached hydrogen (secondary N) is 1. The van der Waals surface area contributed by atoms with Crippen molar-refractivity contribution in [2.75, 3.05) is 13.7 Å². The molecule has 1 N–H and O–H groups in total. The minimum Gasteiger partial charge on any atom is -0.468 e. The minimum absolute atomic E-state index is 0.285. The molecule has 25 heavy (non-hydrogen) atoms. The summed E-state index contributed by atoms with van der Waals surface area (Å²) in [6.45, 7) is -0.317. The highest BCUT2D eigenvalue weighted by atomic mass is 16.5. The normalized spacial score (nSPS) is 22.9. The average molecular weight is 344 g/mol. The van der Waals surface area contributed by atoms with E-state index in [9.17, 15) is 14.4 Å². The Balaban J connectivity index is 1.88. The van der Waals surface area contributed by atoms with Crippen molar-refractivity contribution in [3.63, 3.8) is 0 Å². The van der Waals surface area contributed by atoms with Gasteiger partial charge in [-0.2, -0.15) is 0 Å². The Bertz CT molecular complexity index is 653. The topological polar surface area (TPSA) is 75.7 Å². The van der Waals surface area contributed by atoms with Gasteiger partial charge in [-0.25, -0.2) is 0 Å². The van der Waals surface area contributed by atoms with Crippen molar-refractivity contribution < 1.29 is 19.1 Å². The van der Waals surface area contributed by atoms with Gasteiger partial charge in [0.1, 0.15) is 6.54 Å². The SMILES string of the molecule is COC(=O)CN1C(=O)[C@H](Cc2ccccc2)NC2(CCCCC2)C1=O. The number of ether oxygens (including phenoxy) is 1. The molecule has 6 nitrogen and oxygen atoms in total. The van der Waals surface area contributed by atoms with Gasteiger partial charge in [-0.15, -0.1) is 0 Å². The minimum atomic E-state index is -0.736. The molecule has 0 radical (unpaired) electrons. The zero-order chi connectivity index (χ0) is 17.9. The number of piperazine rings is 1. The van der Waals surface area contributed by atoms with E-state index in [0.717, 1.165) is 29.7 Å². The summed E-state index contributed by atoms with van der Waals surface area (Å²) in [5.41, 5.74) is 0.284. The number of carbonyl (C=O) groups is 3. The molecule has 1 aromatic carbocycles. The Kier molecular flexibility index (Phi) is 5.18. The zero-order valence-electron chi connectivity index (χ0n) is 14.5. The van der Waals surface area contributed by atoms with Gasteiger partial charge in [-0.1, -0.05) is 49.6 Å². The van der Waals surface area contributed by atoms with E-state index in [1.54, 1.807) is 0 Å². The molecule has 0 aromatic heterocycles. The van der Waals surface area contributed by atoms with Crippen molar-refractivity contribution >= 4 is 17.8 Å². The lowest BCUT2D eigenvalue weighted by atomic mass is 9.77. The van der Waals surface area contributed by atoms with Crippen molar-refractivity contribution in [2.45, 2.75) is 50.1 Å². The number of esters is 1. The van der Waals surface area contributed by atoms with Crippen LogP contribution in [0.2, 0.25) is 0 Å². The van der Waals surface area contributed by atoms with Crippen molar-refractivity contribution in [2.24, 2.45) is 0 Å². The lowest BCUT2D eigenvalue weighted by Gasteiger charge is -2.46. The Morgan fingerprint density at radius 2 is 1.88 bits per heavy atom. The zero-order valence-corrected chi connectivity index (χ0v) is 14.5. The number of imide groups is 1. The van der Waals surface area contributed by atoms with Gasteiger partial charge in [-0.3, -0.25) is 24.6 Å². The van der Waals surface area contributed by atoms with Crippen LogP contribution in [0.15, 0.2) is 30.3 Å². The van der Waals surface area contributed by atoms with E-state index in [0.29, 0.717) is 19.3 Å². The van der Waals surface area contributed by atoms with Gasteiger partial charge in [0.25, 0.3) is 0 Å². The second-order valence-electron chi connectivity index (χ2n) is 6.84. The molecule has 1 aromatic rings. The number of hydrogen-bond donors (Lipinski definition) is 1. The summed E-state index contributed by atoms with van der Waals surface area (Å²) in [5, 5.41) is 3.35. The number of carbonyl (C=O) groups excluding carboxylic acids is 3. The fourth-order valence-electron chi connectivity index (χ4n) is 3.85. The monoisotopic (exact) mass is 344 g/mol. The van der Waals surface area contributed by atoms with Crippen molar-refractivity contribution in [1.82, 2.24) is 10.2 Å². The van der Waals surface area contributed by atoms with E-state index in [1.165, 1.54) is 7.11 Å². The molecule has 1 saturated carbocycles. The maximum Gasteiger partial charge on any atom is 0.325 e. The summed E-state index contributed by atoms with van der Waals surface area (Å²) < 4.78 is 4.67. The van der Waals surface area contributed by atoms with Crippen molar-refractivity contribution in [3.05, 3.63) is 35.9 Å². The summed E-state index contributed by atoms with van der Waals surface area (Å²) >= 11 is 0. The van der Waals surface area contributed by atoms with Gasteiger partial charge in [0, 0.05) is 0 Å². The first-order valence-electron chi connectivity index (χ1n) is 8.80. The third-order valence-corrected chi connectivity index (χ3v) is 5.17. The molecule has 1 saturated heterocycles. The first kappa shape index (κ1) is 17.6. The fraction of sp³-hybridized carbons (Fsp3) is 0.526. The standard InChI is InChI=1S/C19H24N2O4/c1-25-16(22)13-21-17(23)15(12-14-8-4-2-5-9-14)20-19(18(21)24)10-6-3-7-11-19/h2,4-5,8-9,15,20H,3,6-7,10-13H2,1H3/t15-/m0/s1. The molecule has 3 rings (SSSR count). The molecular formula is C19H24N2O4. The molecule has 0 bridgehead atoms. The van der Waals surface area contributed by atoms with Gasteiger partial charge in [0.05, 0.1) is 18.7 Å². The van der Waals surface area contributed by atoms with E-state index < -0.39 is 17.6 Å². The smallest absolute Gasteiger partial charge is 0.325 e. The highest BCUT2D eigenvalue weighted by Gasteiger charge is 2.51. The van der Waals surface area contributed by atoms with Crippen LogP contribution in [0.4, 0.5) is 0 Å². The Labute approximate surface area is 147 Å². The highest BCUT2D eigenvalue weighted by molar-refractivity contribution is 6.06.